The second-order valence-electron chi connectivity index (χ2n) is 10.3. The summed E-state index contributed by atoms with van der Waals surface area (Å²) in [5.74, 6) is -0.729. The standard InChI is InChI=1S/C28H34N6O4/c1-28(2,3)38-25(35)17-19(16-20-18-31-22-11-5-4-10-21(20)22)26(36)29-14-8-9-15-30-27-32-23-12-6-7-13-24(23)34(37)33-27/h4-7,10-13,18-19,31H,8-9,14-17H2,1-3H3,(H2-,29,30,32,33,36,37)/p+1. The number of anilines is 1. The van der Waals surface area contributed by atoms with Crippen LogP contribution in [0.2, 0.25) is 0 Å². The minimum atomic E-state index is -0.616. The number of esters is 1. The van der Waals surface area contributed by atoms with E-state index in [0.29, 0.717) is 41.0 Å². The maximum Gasteiger partial charge on any atom is 0.317 e. The molecule has 2 aromatic carbocycles. The lowest BCUT2D eigenvalue weighted by Gasteiger charge is -2.22. The van der Waals surface area contributed by atoms with Crippen LogP contribution >= 0.6 is 0 Å². The number of carbonyl (C=O) groups is 2. The van der Waals surface area contributed by atoms with Gasteiger partial charge >= 0.3 is 11.5 Å². The van der Waals surface area contributed by atoms with E-state index in [2.05, 4.69) is 25.7 Å². The van der Waals surface area contributed by atoms with Gasteiger partial charge in [-0.05, 0) is 57.7 Å². The van der Waals surface area contributed by atoms with Gasteiger partial charge in [-0.15, -0.1) is 0 Å². The van der Waals surface area contributed by atoms with Crippen molar-refractivity contribution in [2.45, 2.75) is 52.1 Å². The van der Waals surface area contributed by atoms with E-state index in [1.165, 1.54) is 0 Å². The number of fused-ring (bicyclic) bond motifs is 2. The number of aromatic nitrogens is 4. The minimum absolute atomic E-state index is 0.00281. The molecule has 4 N–H and O–H groups in total. The highest BCUT2D eigenvalue weighted by Gasteiger charge is 2.26. The molecule has 0 saturated heterocycles. The van der Waals surface area contributed by atoms with E-state index in [4.69, 9.17) is 4.74 Å². The molecule has 0 aliphatic rings. The van der Waals surface area contributed by atoms with Crippen molar-refractivity contribution in [1.82, 2.24) is 20.4 Å². The van der Waals surface area contributed by atoms with Gasteiger partial charge in [-0.3, -0.25) is 9.59 Å². The fourth-order valence-electron chi connectivity index (χ4n) is 4.33. The number of unbranched alkanes of at least 4 members (excludes halogenated alkanes) is 1. The molecule has 0 fully saturated rings. The number of rotatable bonds is 11. The van der Waals surface area contributed by atoms with Gasteiger partial charge in [-0.25, -0.2) is 4.98 Å². The lowest BCUT2D eigenvalue weighted by Crippen LogP contribution is -2.35. The summed E-state index contributed by atoms with van der Waals surface area (Å²) in [6.07, 6.45) is 3.80. The Morgan fingerprint density at radius 2 is 1.79 bits per heavy atom. The number of para-hydroxylation sites is 3. The van der Waals surface area contributed by atoms with Crippen molar-refractivity contribution < 1.29 is 18.9 Å². The molecule has 10 nitrogen and oxygen atoms in total. The van der Waals surface area contributed by atoms with Gasteiger partial charge in [0, 0.05) is 36.3 Å². The van der Waals surface area contributed by atoms with E-state index in [0.717, 1.165) is 29.3 Å². The van der Waals surface area contributed by atoms with Gasteiger partial charge in [0.1, 0.15) is 11.1 Å². The Bertz CT molecular complexity index is 1470. The third kappa shape index (κ3) is 7.18. The smallest absolute Gasteiger partial charge is 0.317 e. The average Bonchev–Trinajstić information content (AvgIpc) is 3.27. The number of H-pyrrole nitrogens is 2. The van der Waals surface area contributed by atoms with Crippen molar-refractivity contribution in [2.24, 2.45) is 5.92 Å². The minimum Gasteiger partial charge on any atom is -0.460 e. The number of ether oxygens (including phenoxy) is 1. The maximum atomic E-state index is 13.1. The predicted octanol–water partition coefficient (Wildman–Crippen LogP) is 3.86. The van der Waals surface area contributed by atoms with Crippen molar-refractivity contribution in [3.8, 4) is 0 Å². The van der Waals surface area contributed by atoms with Crippen molar-refractivity contribution in [3.63, 3.8) is 0 Å². The zero-order chi connectivity index (χ0) is 27.1. The van der Waals surface area contributed by atoms with Crippen molar-refractivity contribution in [2.75, 3.05) is 18.4 Å². The van der Waals surface area contributed by atoms with Crippen LogP contribution < -0.4 is 15.2 Å². The van der Waals surface area contributed by atoms with E-state index in [1.807, 2.05) is 57.3 Å². The first-order valence-corrected chi connectivity index (χ1v) is 12.9. The zero-order valence-corrected chi connectivity index (χ0v) is 22.0. The number of benzene rings is 2. The Hall–Kier alpha value is -4.21. The van der Waals surface area contributed by atoms with Crippen LogP contribution in [0.25, 0.3) is 21.9 Å². The molecular formula is C28H35N6O4+. The van der Waals surface area contributed by atoms with Crippen LogP contribution in [0, 0.1) is 10.8 Å². The summed E-state index contributed by atoms with van der Waals surface area (Å²) < 4.78 is 6.18. The zero-order valence-electron chi connectivity index (χ0n) is 22.0. The van der Waals surface area contributed by atoms with Gasteiger partial charge in [-0.1, -0.05) is 35.4 Å². The normalized spacial score (nSPS) is 12.4. The van der Waals surface area contributed by atoms with Crippen LogP contribution in [0.15, 0.2) is 54.7 Å². The van der Waals surface area contributed by atoms with Crippen molar-refractivity contribution >= 4 is 39.8 Å². The molecule has 0 aliphatic heterocycles. The number of amides is 1. The number of aromatic amines is 2. The van der Waals surface area contributed by atoms with E-state index >= 15 is 0 Å². The Labute approximate surface area is 220 Å². The summed E-state index contributed by atoms with van der Waals surface area (Å²) in [6.45, 7) is 6.49. The van der Waals surface area contributed by atoms with E-state index < -0.39 is 17.5 Å². The molecule has 1 atom stereocenters. The molecule has 1 amide bonds. The van der Waals surface area contributed by atoms with Crippen LogP contribution in [-0.4, -0.2) is 45.6 Å². The van der Waals surface area contributed by atoms with Crippen molar-refractivity contribution in [3.05, 3.63) is 65.2 Å². The summed E-state index contributed by atoms with van der Waals surface area (Å²) in [6, 6.07) is 15.0. The third-order valence-corrected chi connectivity index (χ3v) is 6.08. The van der Waals surface area contributed by atoms with Gasteiger partial charge < -0.3 is 20.4 Å². The number of hydrogen-bond donors (Lipinski definition) is 4. The summed E-state index contributed by atoms with van der Waals surface area (Å²) in [5.41, 5.74) is 2.43. The summed E-state index contributed by atoms with van der Waals surface area (Å²) in [5, 5.41) is 9.81. The van der Waals surface area contributed by atoms with E-state index in [9.17, 15) is 14.5 Å². The lowest BCUT2D eigenvalue weighted by molar-refractivity contribution is -0.535. The number of carbonyl (C=O) groups excluding carboxylic acids is 2. The van der Waals surface area contributed by atoms with Crippen LogP contribution in [0.1, 0.15) is 45.6 Å². The summed E-state index contributed by atoms with van der Waals surface area (Å²) >= 11 is 0. The number of hydrogen-bond acceptors (Lipinski definition) is 6. The molecule has 0 aliphatic carbocycles. The second-order valence-corrected chi connectivity index (χ2v) is 10.3. The molecule has 1 unspecified atom stereocenters. The molecule has 2 aromatic heterocycles. The molecule has 0 bridgehead atoms. The number of nitrogens with zero attached hydrogens (tertiary/aromatic N) is 2. The fourth-order valence-corrected chi connectivity index (χ4v) is 4.33. The fraction of sp³-hybridized carbons (Fsp3) is 0.393. The Kier molecular flexibility index (Phi) is 8.40. The average molecular weight is 520 g/mol. The monoisotopic (exact) mass is 519 g/mol. The molecular weight excluding hydrogens is 484 g/mol. The Morgan fingerprint density at radius 1 is 1.05 bits per heavy atom. The van der Waals surface area contributed by atoms with Gasteiger partial charge in [0.05, 0.1) is 17.2 Å². The molecule has 0 saturated carbocycles. The molecule has 2 heterocycles. The van der Waals surface area contributed by atoms with E-state index in [-0.39, 0.29) is 12.3 Å². The highest BCUT2D eigenvalue weighted by atomic mass is 16.6. The quantitative estimate of drug-likeness (QED) is 0.135. The molecule has 38 heavy (non-hydrogen) atoms. The first-order valence-electron chi connectivity index (χ1n) is 12.9. The molecule has 200 valence electrons. The largest absolute Gasteiger partial charge is 0.460 e. The first kappa shape index (κ1) is 26.8. The SMILES string of the molecule is CC(C)(C)OC(=O)CC(Cc1c[nH]c2ccccc12)C(=O)NCCCCNc1nc2ccccc2[n+](=O)[nH]1. The Balaban J connectivity index is 1.30. The third-order valence-electron chi connectivity index (χ3n) is 6.08. The predicted molar refractivity (Wildman–Crippen MR) is 146 cm³/mol. The van der Waals surface area contributed by atoms with Gasteiger partial charge in [0.15, 0.2) is 4.54 Å². The summed E-state index contributed by atoms with van der Waals surface area (Å²) in [4.78, 5) is 45.5. The van der Waals surface area contributed by atoms with Crippen LogP contribution in [-0.2, 0) is 20.7 Å². The van der Waals surface area contributed by atoms with Gasteiger partial charge in [0.25, 0.3) is 5.95 Å². The van der Waals surface area contributed by atoms with E-state index in [1.54, 1.807) is 18.2 Å². The maximum absolute atomic E-state index is 13.1. The second kappa shape index (κ2) is 11.9. The molecule has 0 radical (unpaired) electrons. The summed E-state index contributed by atoms with van der Waals surface area (Å²) in [7, 11) is 0. The molecule has 0 spiro atoms. The first-order chi connectivity index (χ1) is 18.2. The molecule has 4 rings (SSSR count). The number of nitrogens with one attached hydrogen (secondary N) is 4. The highest BCUT2D eigenvalue weighted by molar-refractivity contribution is 5.87. The van der Waals surface area contributed by atoms with Crippen LogP contribution in [0.3, 0.4) is 0 Å². The highest BCUT2D eigenvalue weighted by Crippen LogP contribution is 2.23. The molecule has 4 aromatic rings. The van der Waals surface area contributed by atoms with Crippen LogP contribution in [0.5, 0.6) is 0 Å². The molecule has 10 heteroatoms. The lowest BCUT2D eigenvalue weighted by atomic mass is 9.94. The van der Waals surface area contributed by atoms with Gasteiger partial charge in [-0.2, -0.15) is 0 Å². The van der Waals surface area contributed by atoms with Crippen molar-refractivity contribution in [1.29, 1.82) is 0 Å². The van der Waals surface area contributed by atoms with Crippen LogP contribution in [0.4, 0.5) is 5.95 Å². The van der Waals surface area contributed by atoms with Gasteiger partial charge in [0.2, 0.25) is 5.91 Å². The topological polar surface area (TPSA) is 135 Å². The Morgan fingerprint density at radius 3 is 2.61 bits per heavy atom.